The van der Waals surface area contributed by atoms with Gasteiger partial charge in [-0.15, -0.1) is 43.1 Å². The molecule has 0 aliphatic rings. The minimum absolute atomic E-state index is 1.02. The Labute approximate surface area is 126 Å². The van der Waals surface area contributed by atoms with Gasteiger partial charge in [-0.05, 0) is 24.9 Å². The number of aryl methyl sites for hydroxylation is 4. The topological polar surface area (TPSA) is 51.6 Å². The van der Waals surface area contributed by atoms with Gasteiger partial charge in [0.1, 0.15) is 20.0 Å². The van der Waals surface area contributed by atoms with Crippen LogP contribution in [0.3, 0.4) is 0 Å². The summed E-state index contributed by atoms with van der Waals surface area (Å²) >= 11 is 5.41. The number of aromatic nitrogens is 4. The van der Waals surface area contributed by atoms with E-state index in [1.54, 1.807) is 22.7 Å². The monoisotopic (exact) mass is 314 g/mol. The molecular weight excluding hydrogens is 296 g/mol. The van der Waals surface area contributed by atoms with Crippen molar-refractivity contribution in [2.45, 2.75) is 39.5 Å². The van der Waals surface area contributed by atoms with Crippen molar-refractivity contribution in [3.8, 4) is 0 Å². The summed E-state index contributed by atoms with van der Waals surface area (Å²) < 4.78 is 0. The van der Waals surface area contributed by atoms with Gasteiger partial charge in [0.15, 0.2) is 0 Å². The van der Waals surface area contributed by atoms with Gasteiger partial charge in [0.2, 0.25) is 0 Å². The second kappa shape index (κ2) is 7.91. The zero-order valence-electron chi connectivity index (χ0n) is 11.3. The van der Waals surface area contributed by atoms with E-state index < -0.39 is 0 Å². The maximum atomic E-state index is 4.23. The fourth-order valence-electron chi connectivity index (χ4n) is 1.56. The van der Waals surface area contributed by atoms with Crippen molar-refractivity contribution in [3.05, 3.63) is 20.0 Å². The van der Waals surface area contributed by atoms with Crippen molar-refractivity contribution in [1.82, 2.24) is 20.4 Å². The zero-order valence-corrected chi connectivity index (χ0v) is 13.7. The lowest BCUT2D eigenvalue weighted by Gasteiger charge is -1.97. The zero-order chi connectivity index (χ0) is 13.5. The molecule has 0 amide bonds. The summed E-state index contributed by atoms with van der Waals surface area (Å²) in [5.74, 6) is 2.22. The van der Waals surface area contributed by atoms with Crippen LogP contribution in [0.1, 0.15) is 33.4 Å². The Kier molecular flexibility index (Phi) is 6.19. The Morgan fingerprint density at radius 3 is 2.00 bits per heavy atom. The highest BCUT2D eigenvalue weighted by molar-refractivity contribution is 7.99. The fraction of sp³-hybridized carbons (Fsp3) is 0.667. The summed E-state index contributed by atoms with van der Waals surface area (Å²) in [5.41, 5.74) is 0. The molecule has 4 nitrogen and oxygen atoms in total. The van der Waals surface area contributed by atoms with Gasteiger partial charge in [-0.25, -0.2) is 0 Å². The highest BCUT2D eigenvalue weighted by atomic mass is 32.2. The summed E-state index contributed by atoms with van der Waals surface area (Å²) in [6, 6.07) is 0. The van der Waals surface area contributed by atoms with Crippen LogP contribution in [0.2, 0.25) is 0 Å². The number of hydrogen-bond donors (Lipinski definition) is 0. The molecule has 19 heavy (non-hydrogen) atoms. The number of nitrogens with zero attached hydrogens (tertiary/aromatic N) is 4. The molecule has 0 saturated carbocycles. The Bertz CT molecular complexity index is 495. The Morgan fingerprint density at radius 1 is 0.842 bits per heavy atom. The van der Waals surface area contributed by atoms with Gasteiger partial charge in [0.05, 0.1) is 0 Å². The van der Waals surface area contributed by atoms with Gasteiger partial charge in [0.25, 0.3) is 0 Å². The van der Waals surface area contributed by atoms with Crippen molar-refractivity contribution in [2.75, 3.05) is 11.5 Å². The second-order valence-corrected chi connectivity index (χ2v) is 7.80. The molecule has 2 aromatic rings. The van der Waals surface area contributed by atoms with Gasteiger partial charge in [-0.2, -0.15) is 11.8 Å². The van der Waals surface area contributed by atoms with Crippen molar-refractivity contribution in [2.24, 2.45) is 0 Å². The minimum Gasteiger partial charge on any atom is -0.161 e. The standard InChI is InChI=1S/C12H18N4S3/c1-3-4-10-15-16-12(19-10)6-8-17-7-5-11-14-13-9(2)18-11/h3-8H2,1-2H3. The Balaban J connectivity index is 1.61. The quantitative estimate of drug-likeness (QED) is 0.701. The van der Waals surface area contributed by atoms with Gasteiger partial charge in [0, 0.05) is 19.3 Å². The predicted octanol–water partition coefficient (Wildman–Crippen LogP) is 3.17. The fourth-order valence-corrected chi connectivity index (χ4v) is 4.36. The molecule has 0 aliphatic carbocycles. The van der Waals surface area contributed by atoms with Crippen LogP contribution in [0.15, 0.2) is 0 Å². The van der Waals surface area contributed by atoms with E-state index in [2.05, 4.69) is 27.3 Å². The van der Waals surface area contributed by atoms with Crippen molar-refractivity contribution >= 4 is 34.4 Å². The van der Waals surface area contributed by atoms with Crippen LogP contribution in [-0.4, -0.2) is 31.9 Å². The van der Waals surface area contributed by atoms with E-state index in [9.17, 15) is 0 Å². The molecule has 0 fully saturated rings. The third-order valence-corrected chi connectivity index (χ3v) is 5.39. The van der Waals surface area contributed by atoms with Crippen LogP contribution < -0.4 is 0 Å². The van der Waals surface area contributed by atoms with E-state index in [0.29, 0.717) is 0 Å². The van der Waals surface area contributed by atoms with E-state index in [1.807, 2.05) is 18.7 Å². The molecule has 0 atom stereocenters. The van der Waals surface area contributed by atoms with Crippen LogP contribution in [0.4, 0.5) is 0 Å². The van der Waals surface area contributed by atoms with E-state index in [4.69, 9.17) is 0 Å². The smallest absolute Gasteiger partial charge is 0.118 e. The van der Waals surface area contributed by atoms with E-state index >= 15 is 0 Å². The molecule has 7 heteroatoms. The Hall–Kier alpha value is -0.530. The highest BCUT2D eigenvalue weighted by Gasteiger charge is 2.04. The number of hydrogen-bond acceptors (Lipinski definition) is 7. The summed E-state index contributed by atoms with van der Waals surface area (Å²) in [6.45, 7) is 4.17. The van der Waals surface area contributed by atoms with Crippen LogP contribution in [0.25, 0.3) is 0 Å². The van der Waals surface area contributed by atoms with Gasteiger partial charge in [-0.3, -0.25) is 0 Å². The average Bonchev–Trinajstić information content (AvgIpc) is 2.99. The molecule has 2 heterocycles. The lowest BCUT2D eigenvalue weighted by atomic mass is 10.4. The van der Waals surface area contributed by atoms with Crippen LogP contribution in [-0.2, 0) is 19.3 Å². The van der Waals surface area contributed by atoms with E-state index in [1.165, 1.54) is 10.0 Å². The van der Waals surface area contributed by atoms with Gasteiger partial charge < -0.3 is 0 Å². The molecule has 104 valence electrons. The van der Waals surface area contributed by atoms with Crippen molar-refractivity contribution < 1.29 is 0 Å². The maximum Gasteiger partial charge on any atom is 0.118 e. The van der Waals surface area contributed by atoms with E-state index in [-0.39, 0.29) is 0 Å². The molecule has 0 bridgehead atoms. The molecular formula is C12H18N4S3. The minimum atomic E-state index is 1.02. The number of rotatable bonds is 8. The average molecular weight is 315 g/mol. The molecule has 0 radical (unpaired) electrons. The molecule has 0 spiro atoms. The Morgan fingerprint density at radius 2 is 1.42 bits per heavy atom. The van der Waals surface area contributed by atoms with Crippen molar-refractivity contribution in [1.29, 1.82) is 0 Å². The third-order valence-electron chi connectivity index (χ3n) is 2.46. The largest absolute Gasteiger partial charge is 0.161 e. The maximum absolute atomic E-state index is 4.23. The summed E-state index contributed by atoms with van der Waals surface area (Å²) in [6.07, 6.45) is 4.25. The lowest BCUT2D eigenvalue weighted by Crippen LogP contribution is -1.92. The first-order valence-corrected chi connectivity index (χ1v) is 9.24. The number of thioether (sulfide) groups is 1. The normalized spacial score (nSPS) is 11.1. The third kappa shape index (κ3) is 5.16. The summed E-state index contributed by atoms with van der Waals surface area (Å²) in [7, 11) is 0. The summed E-state index contributed by atoms with van der Waals surface area (Å²) in [4.78, 5) is 0. The first kappa shape index (κ1) is 14.9. The first-order valence-electron chi connectivity index (χ1n) is 6.46. The second-order valence-electron chi connectivity index (χ2n) is 4.17. The van der Waals surface area contributed by atoms with Crippen LogP contribution in [0.5, 0.6) is 0 Å². The highest BCUT2D eigenvalue weighted by Crippen LogP contribution is 2.16. The van der Waals surface area contributed by atoms with Crippen LogP contribution in [0, 0.1) is 6.92 Å². The first-order chi connectivity index (χ1) is 9.28. The molecule has 0 saturated heterocycles. The molecule has 0 N–H and O–H groups in total. The van der Waals surface area contributed by atoms with E-state index in [0.717, 1.165) is 47.2 Å². The molecule has 2 rings (SSSR count). The summed E-state index contributed by atoms with van der Waals surface area (Å²) in [5, 5.41) is 21.1. The van der Waals surface area contributed by atoms with Crippen molar-refractivity contribution in [3.63, 3.8) is 0 Å². The predicted molar refractivity (Wildman–Crippen MR) is 83.3 cm³/mol. The van der Waals surface area contributed by atoms with Crippen LogP contribution >= 0.6 is 34.4 Å². The molecule has 0 aromatic carbocycles. The lowest BCUT2D eigenvalue weighted by molar-refractivity contribution is 0.868. The SMILES string of the molecule is CCCc1nnc(CCSCCc2nnc(C)s2)s1. The van der Waals surface area contributed by atoms with Gasteiger partial charge in [-0.1, -0.05) is 6.92 Å². The molecule has 0 unspecified atom stereocenters. The molecule has 0 aliphatic heterocycles. The molecule has 2 aromatic heterocycles. The van der Waals surface area contributed by atoms with Gasteiger partial charge >= 0.3 is 0 Å².